The molecule has 2 saturated carbocycles. The van der Waals surface area contributed by atoms with Crippen LogP contribution in [0, 0.1) is 0 Å². The first-order chi connectivity index (χ1) is 30.5. The number of alkyl halides is 6. The molecule has 0 aromatic heterocycles. The van der Waals surface area contributed by atoms with E-state index < -0.39 is 58.1 Å². The topological polar surface area (TPSA) is 115 Å². The van der Waals surface area contributed by atoms with Gasteiger partial charge in [-0.15, -0.1) is 0 Å². The molecule has 324 valence electrons. The van der Waals surface area contributed by atoms with Gasteiger partial charge in [0.15, 0.2) is 0 Å². The van der Waals surface area contributed by atoms with E-state index in [1.165, 1.54) is 48.5 Å². The Labute approximate surface area is 362 Å². The van der Waals surface area contributed by atoms with Gasteiger partial charge in [-0.05, 0) is 94.8 Å². The van der Waals surface area contributed by atoms with Crippen molar-refractivity contribution in [3.05, 3.63) is 201 Å². The Morgan fingerprint density at radius 1 is 0.516 bits per heavy atom. The summed E-state index contributed by atoms with van der Waals surface area (Å²) < 4.78 is 81.8. The summed E-state index contributed by atoms with van der Waals surface area (Å²) >= 11 is 0. The molecular formula is C50H36F6N2O6. The largest absolute Gasteiger partial charge is 0.478 e. The second-order valence-electron chi connectivity index (χ2n) is 16.5. The van der Waals surface area contributed by atoms with Crippen molar-refractivity contribution in [2.24, 2.45) is 0 Å². The van der Waals surface area contributed by atoms with Crippen molar-refractivity contribution in [2.45, 2.75) is 60.9 Å². The molecule has 2 N–H and O–H groups in total. The number of carboxylic acid groups (broad SMARTS) is 2. The summed E-state index contributed by atoms with van der Waals surface area (Å²) in [7, 11) is 0. The minimum Gasteiger partial charge on any atom is -0.478 e. The number of fused-ring (bicyclic) bond motifs is 4. The van der Waals surface area contributed by atoms with E-state index in [1.54, 1.807) is 94.7 Å². The number of carbonyl (C=O) groups excluding carboxylic acids is 2. The Balaban J connectivity index is 0.000000162. The van der Waals surface area contributed by atoms with Gasteiger partial charge in [0.05, 0.1) is 46.2 Å². The van der Waals surface area contributed by atoms with E-state index in [9.17, 15) is 55.7 Å². The van der Waals surface area contributed by atoms with E-state index in [-0.39, 0.29) is 47.2 Å². The third-order valence-corrected chi connectivity index (χ3v) is 12.8. The van der Waals surface area contributed by atoms with Gasteiger partial charge in [0.1, 0.15) is 0 Å². The summed E-state index contributed by atoms with van der Waals surface area (Å²) in [6, 6.07) is 37.8. The van der Waals surface area contributed by atoms with Gasteiger partial charge < -0.3 is 20.0 Å². The van der Waals surface area contributed by atoms with Crippen LogP contribution in [0.25, 0.3) is 0 Å². The maximum atomic E-state index is 13.6. The van der Waals surface area contributed by atoms with Crippen molar-refractivity contribution >= 4 is 35.1 Å². The summed E-state index contributed by atoms with van der Waals surface area (Å²) in [5.41, 5.74) is 1.07. The predicted octanol–water partition coefficient (Wildman–Crippen LogP) is 10.8. The number of amides is 2. The lowest BCUT2D eigenvalue weighted by Gasteiger charge is -2.19. The van der Waals surface area contributed by atoms with Crippen LogP contribution in [-0.4, -0.2) is 34.0 Å². The number of rotatable bonds is 8. The first kappa shape index (κ1) is 42.1. The highest BCUT2D eigenvalue weighted by atomic mass is 19.4. The highest BCUT2D eigenvalue weighted by Crippen LogP contribution is 2.68. The summed E-state index contributed by atoms with van der Waals surface area (Å²) in [5.74, 6) is -3.76. The Hall–Kier alpha value is -7.22. The molecule has 2 heterocycles. The second kappa shape index (κ2) is 15.2. The predicted molar refractivity (Wildman–Crippen MR) is 223 cm³/mol. The van der Waals surface area contributed by atoms with E-state index in [0.717, 1.165) is 23.3 Å². The molecule has 0 radical (unpaired) electrons. The van der Waals surface area contributed by atoms with Gasteiger partial charge in [-0.1, -0.05) is 97.1 Å². The van der Waals surface area contributed by atoms with Crippen molar-refractivity contribution < 1.29 is 55.7 Å². The summed E-state index contributed by atoms with van der Waals surface area (Å²) in [6.07, 6.45) is -8.39. The summed E-state index contributed by atoms with van der Waals surface area (Å²) in [5, 5.41) is 18.5. The Morgan fingerprint density at radius 3 is 1.25 bits per heavy atom. The van der Waals surface area contributed by atoms with Crippen molar-refractivity contribution in [1.29, 1.82) is 0 Å². The average molecular weight is 875 g/mol. The number of halogens is 6. The standard InChI is InChI=1S/2C25H18F3NO3/c2*26-25(27,28)18-9-2-1-8-17(18)20-13-24(20)19-10-3-4-11-21(19)29(23(24)32)14-15-6-5-7-16(12-15)22(30)31/h2*1-12,20H,13-14H2,(H,30,31)/t2*20-,24+/m10/s1. The molecular weight excluding hydrogens is 839 g/mol. The van der Waals surface area contributed by atoms with Crippen molar-refractivity contribution in [2.75, 3.05) is 9.80 Å². The third-order valence-electron chi connectivity index (χ3n) is 12.8. The first-order valence-electron chi connectivity index (χ1n) is 20.3. The molecule has 64 heavy (non-hydrogen) atoms. The number of anilines is 2. The van der Waals surface area contributed by atoms with Crippen LogP contribution in [0.5, 0.6) is 0 Å². The van der Waals surface area contributed by atoms with E-state index in [2.05, 4.69) is 0 Å². The van der Waals surface area contributed by atoms with Gasteiger partial charge >= 0.3 is 24.3 Å². The highest BCUT2D eigenvalue weighted by molar-refractivity contribution is 6.12. The zero-order chi connectivity index (χ0) is 45.3. The molecule has 0 unspecified atom stereocenters. The molecule has 4 aliphatic rings. The second-order valence-corrected chi connectivity index (χ2v) is 16.5. The molecule has 2 fully saturated rings. The normalized spacial score (nSPS) is 21.7. The average Bonchev–Trinajstić information content (AvgIpc) is 4.19. The minimum absolute atomic E-state index is 0.112. The van der Waals surface area contributed by atoms with Crippen LogP contribution >= 0.6 is 0 Å². The number of hydrogen-bond donors (Lipinski definition) is 2. The smallest absolute Gasteiger partial charge is 0.416 e. The molecule has 2 amide bonds. The van der Waals surface area contributed by atoms with Crippen molar-refractivity contribution in [1.82, 2.24) is 0 Å². The quantitative estimate of drug-likeness (QED) is 0.147. The molecule has 0 bridgehead atoms. The van der Waals surface area contributed by atoms with Gasteiger partial charge in [0.25, 0.3) is 0 Å². The van der Waals surface area contributed by atoms with Gasteiger partial charge in [-0.3, -0.25) is 9.59 Å². The number of nitrogens with zero attached hydrogens (tertiary/aromatic N) is 2. The Bertz CT molecular complexity index is 2700. The molecule has 0 saturated heterocycles. The summed E-state index contributed by atoms with van der Waals surface area (Å²) in [6.45, 7) is 0.290. The van der Waals surface area contributed by atoms with Crippen LogP contribution in [0.15, 0.2) is 146 Å². The molecule has 4 atom stereocenters. The molecule has 6 aromatic carbocycles. The lowest BCUT2D eigenvalue weighted by molar-refractivity contribution is -0.139. The molecule has 2 spiro atoms. The number of aromatic carboxylic acids is 2. The fourth-order valence-corrected chi connectivity index (χ4v) is 9.85. The monoisotopic (exact) mass is 874 g/mol. The fourth-order valence-electron chi connectivity index (χ4n) is 9.85. The number of carboxylic acids is 2. The molecule has 2 aliphatic heterocycles. The molecule has 6 aromatic rings. The van der Waals surface area contributed by atoms with Gasteiger partial charge in [0, 0.05) is 23.2 Å². The zero-order valence-corrected chi connectivity index (χ0v) is 33.5. The zero-order valence-electron chi connectivity index (χ0n) is 33.5. The number of para-hydroxylation sites is 2. The van der Waals surface area contributed by atoms with Crippen LogP contribution in [0.4, 0.5) is 37.7 Å². The SMILES string of the molecule is O=C(O)c1cccc(CN2C(=O)[C@@]3(C[C@@H]3c3ccccc3C(F)(F)F)c3ccccc32)c1.O=C(O)c1cccc(CN2C(=O)[C@]3(C[C@H]3c3ccccc3C(F)(F)F)c3ccccc32)c1. The molecule has 10 rings (SSSR count). The van der Waals surface area contributed by atoms with Crippen molar-refractivity contribution in [3.8, 4) is 0 Å². The van der Waals surface area contributed by atoms with E-state index in [0.29, 0.717) is 35.3 Å². The van der Waals surface area contributed by atoms with Gasteiger partial charge in [-0.25, -0.2) is 9.59 Å². The molecule has 2 aliphatic carbocycles. The summed E-state index contributed by atoms with van der Waals surface area (Å²) in [4.78, 5) is 53.0. The lowest BCUT2D eigenvalue weighted by Crippen LogP contribution is -2.32. The number of benzene rings is 6. The Morgan fingerprint density at radius 2 is 0.875 bits per heavy atom. The van der Waals surface area contributed by atoms with Crippen LogP contribution in [0.3, 0.4) is 0 Å². The van der Waals surface area contributed by atoms with Crippen LogP contribution in [0.2, 0.25) is 0 Å². The lowest BCUT2D eigenvalue weighted by atomic mass is 9.90. The van der Waals surface area contributed by atoms with E-state index in [4.69, 9.17) is 0 Å². The number of carbonyl (C=O) groups is 4. The minimum atomic E-state index is -4.50. The fraction of sp³-hybridized carbons (Fsp3) is 0.200. The van der Waals surface area contributed by atoms with Gasteiger partial charge in [0.2, 0.25) is 11.8 Å². The van der Waals surface area contributed by atoms with Crippen LogP contribution in [0.1, 0.15) is 89.9 Å². The first-order valence-corrected chi connectivity index (χ1v) is 20.3. The molecule has 8 nitrogen and oxygen atoms in total. The maximum Gasteiger partial charge on any atom is 0.416 e. The highest BCUT2D eigenvalue weighted by Gasteiger charge is 2.69. The maximum absolute atomic E-state index is 13.6. The van der Waals surface area contributed by atoms with E-state index in [1.807, 2.05) is 0 Å². The molecule has 14 heteroatoms. The van der Waals surface area contributed by atoms with Crippen LogP contribution < -0.4 is 9.80 Å². The van der Waals surface area contributed by atoms with Crippen LogP contribution in [-0.2, 0) is 45.9 Å². The number of hydrogen-bond acceptors (Lipinski definition) is 4. The van der Waals surface area contributed by atoms with E-state index >= 15 is 0 Å². The Kier molecular flexibility index (Phi) is 10.0. The van der Waals surface area contributed by atoms with Gasteiger partial charge in [-0.2, -0.15) is 26.3 Å². The van der Waals surface area contributed by atoms with Crippen molar-refractivity contribution in [3.63, 3.8) is 0 Å². The third kappa shape index (κ3) is 6.97.